The zero-order valence-corrected chi connectivity index (χ0v) is 12.2. The number of pyridine rings is 1. The molecule has 0 aromatic carbocycles. The summed E-state index contributed by atoms with van der Waals surface area (Å²) in [6.45, 7) is 0.260. The summed E-state index contributed by atoms with van der Waals surface area (Å²) in [6, 6.07) is 6.70. The SMILES string of the molecule is O=C(NCCn1c(=O)[nH]c2ccsc2c1=O)c1ccccn1. The van der Waals surface area contributed by atoms with Gasteiger partial charge in [0, 0.05) is 19.3 Å². The van der Waals surface area contributed by atoms with Crippen LogP contribution in [-0.2, 0) is 6.54 Å². The number of amides is 1. The molecule has 3 aromatic heterocycles. The molecule has 0 saturated heterocycles. The molecule has 0 radical (unpaired) electrons. The normalized spacial score (nSPS) is 10.7. The number of nitrogens with zero attached hydrogens (tertiary/aromatic N) is 2. The maximum Gasteiger partial charge on any atom is 0.328 e. The number of rotatable bonds is 4. The maximum atomic E-state index is 12.2. The Hall–Kier alpha value is -2.74. The van der Waals surface area contributed by atoms with Crippen molar-refractivity contribution in [1.82, 2.24) is 19.9 Å². The van der Waals surface area contributed by atoms with Crippen LogP contribution in [0.2, 0.25) is 0 Å². The van der Waals surface area contributed by atoms with Gasteiger partial charge in [0.25, 0.3) is 11.5 Å². The Bertz CT molecular complexity index is 926. The molecule has 0 saturated carbocycles. The van der Waals surface area contributed by atoms with Crippen LogP contribution in [0.3, 0.4) is 0 Å². The number of hydrogen-bond donors (Lipinski definition) is 2. The van der Waals surface area contributed by atoms with Crippen LogP contribution < -0.4 is 16.6 Å². The fourth-order valence-corrected chi connectivity index (χ4v) is 2.84. The van der Waals surface area contributed by atoms with Crippen molar-refractivity contribution in [3.05, 3.63) is 62.4 Å². The Morgan fingerprint density at radius 1 is 1.32 bits per heavy atom. The Balaban J connectivity index is 1.73. The van der Waals surface area contributed by atoms with Gasteiger partial charge in [0.2, 0.25) is 0 Å². The number of carbonyl (C=O) groups is 1. The van der Waals surface area contributed by atoms with Crippen molar-refractivity contribution in [3.8, 4) is 0 Å². The van der Waals surface area contributed by atoms with Gasteiger partial charge in [-0.1, -0.05) is 6.07 Å². The molecule has 3 aromatic rings. The molecule has 0 aliphatic heterocycles. The summed E-state index contributed by atoms with van der Waals surface area (Å²) >= 11 is 1.27. The summed E-state index contributed by atoms with van der Waals surface area (Å²) in [4.78, 5) is 42.5. The van der Waals surface area contributed by atoms with E-state index in [4.69, 9.17) is 0 Å². The van der Waals surface area contributed by atoms with Crippen molar-refractivity contribution >= 4 is 27.5 Å². The van der Waals surface area contributed by atoms with E-state index in [0.717, 1.165) is 4.57 Å². The second kappa shape index (κ2) is 5.94. The van der Waals surface area contributed by atoms with Crippen molar-refractivity contribution in [2.75, 3.05) is 6.54 Å². The summed E-state index contributed by atoms with van der Waals surface area (Å²) in [5.74, 6) is -0.345. The largest absolute Gasteiger partial charge is 0.349 e. The molecule has 3 rings (SSSR count). The predicted octanol–water partition coefficient (Wildman–Crippen LogP) is 0.576. The molecule has 2 N–H and O–H groups in total. The van der Waals surface area contributed by atoms with Gasteiger partial charge in [-0.3, -0.25) is 19.1 Å². The van der Waals surface area contributed by atoms with E-state index in [9.17, 15) is 14.4 Å². The summed E-state index contributed by atoms with van der Waals surface area (Å²) in [5.41, 5.74) is -0.00458. The molecule has 1 amide bonds. The molecule has 0 aliphatic carbocycles. The average Bonchev–Trinajstić information content (AvgIpc) is 2.99. The van der Waals surface area contributed by atoms with E-state index in [1.807, 2.05) is 0 Å². The van der Waals surface area contributed by atoms with Gasteiger partial charge in [-0.05, 0) is 23.6 Å². The summed E-state index contributed by atoms with van der Waals surface area (Å²) < 4.78 is 1.58. The highest BCUT2D eigenvalue weighted by Crippen LogP contribution is 2.11. The molecule has 22 heavy (non-hydrogen) atoms. The zero-order valence-electron chi connectivity index (χ0n) is 11.4. The van der Waals surface area contributed by atoms with E-state index < -0.39 is 5.69 Å². The molecule has 112 valence electrons. The standard InChI is InChI=1S/C14H12N4O3S/c19-12(10-3-1-2-5-15-10)16-6-7-18-13(20)11-9(4-8-22-11)17-14(18)21/h1-5,8H,6-7H2,(H,16,19)(H,17,21). The van der Waals surface area contributed by atoms with Crippen molar-refractivity contribution < 1.29 is 4.79 Å². The van der Waals surface area contributed by atoms with Gasteiger partial charge in [0.1, 0.15) is 10.4 Å². The lowest BCUT2D eigenvalue weighted by molar-refractivity contribution is 0.0947. The van der Waals surface area contributed by atoms with E-state index >= 15 is 0 Å². The van der Waals surface area contributed by atoms with E-state index in [2.05, 4.69) is 15.3 Å². The van der Waals surface area contributed by atoms with Crippen LogP contribution in [0.5, 0.6) is 0 Å². The van der Waals surface area contributed by atoms with Crippen LogP contribution >= 0.6 is 11.3 Å². The summed E-state index contributed by atoms with van der Waals surface area (Å²) in [5, 5.41) is 4.38. The van der Waals surface area contributed by atoms with Crippen LogP contribution in [0.15, 0.2) is 45.4 Å². The van der Waals surface area contributed by atoms with Gasteiger partial charge in [0.15, 0.2) is 0 Å². The fraction of sp³-hybridized carbons (Fsp3) is 0.143. The molecule has 3 heterocycles. The van der Waals surface area contributed by atoms with E-state index in [1.54, 1.807) is 29.6 Å². The van der Waals surface area contributed by atoms with Gasteiger partial charge in [-0.25, -0.2) is 4.79 Å². The molecule has 0 aliphatic rings. The third kappa shape index (κ3) is 2.68. The average molecular weight is 316 g/mol. The third-order valence-electron chi connectivity index (χ3n) is 3.11. The van der Waals surface area contributed by atoms with Crippen LogP contribution in [0.25, 0.3) is 10.2 Å². The quantitative estimate of drug-likeness (QED) is 0.735. The molecule has 0 unspecified atom stereocenters. The van der Waals surface area contributed by atoms with Crippen molar-refractivity contribution in [2.45, 2.75) is 6.54 Å². The Kier molecular flexibility index (Phi) is 3.84. The first-order valence-corrected chi connectivity index (χ1v) is 7.44. The molecule has 0 fully saturated rings. The molecule has 8 heteroatoms. The fourth-order valence-electron chi connectivity index (χ4n) is 2.04. The first-order chi connectivity index (χ1) is 10.7. The summed E-state index contributed by atoms with van der Waals surface area (Å²) in [7, 11) is 0. The Morgan fingerprint density at radius 2 is 2.18 bits per heavy atom. The van der Waals surface area contributed by atoms with Crippen molar-refractivity contribution in [2.24, 2.45) is 0 Å². The van der Waals surface area contributed by atoms with Gasteiger partial charge < -0.3 is 10.3 Å². The number of thiophene rings is 1. The van der Waals surface area contributed by atoms with Crippen LogP contribution in [0, 0.1) is 0 Å². The number of carbonyl (C=O) groups excluding carboxylic acids is 1. The van der Waals surface area contributed by atoms with Crippen LogP contribution in [0.4, 0.5) is 0 Å². The molecule has 7 nitrogen and oxygen atoms in total. The second-order valence-corrected chi connectivity index (χ2v) is 5.44. The van der Waals surface area contributed by atoms with Gasteiger partial charge in [-0.2, -0.15) is 0 Å². The summed E-state index contributed by atoms with van der Waals surface area (Å²) in [6.07, 6.45) is 1.52. The van der Waals surface area contributed by atoms with Crippen LogP contribution in [-0.4, -0.2) is 27.0 Å². The monoisotopic (exact) mass is 316 g/mol. The topological polar surface area (TPSA) is 96.9 Å². The highest BCUT2D eigenvalue weighted by Gasteiger charge is 2.10. The van der Waals surface area contributed by atoms with Crippen molar-refractivity contribution in [1.29, 1.82) is 0 Å². The molecule has 0 atom stereocenters. The number of hydrogen-bond acceptors (Lipinski definition) is 5. The lowest BCUT2D eigenvalue weighted by atomic mass is 10.3. The second-order valence-electron chi connectivity index (χ2n) is 4.52. The van der Waals surface area contributed by atoms with E-state index in [0.29, 0.717) is 10.2 Å². The van der Waals surface area contributed by atoms with Crippen LogP contribution in [0.1, 0.15) is 10.5 Å². The highest BCUT2D eigenvalue weighted by molar-refractivity contribution is 7.17. The number of H-pyrrole nitrogens is 1. The van der Waals surface area contributed by atoms with E-state index in [1.165, 1.54) is 17.5 Å². The zero-order chi connectivity index (χ0) is 15.5. The minimum atomic E-state index is -0.483. The predicted molar refractivity (Wildman–Crippen MR) is 83.3 cm³/mol. The molecular formula is C14H12N4O3S. The van der Waals surface area contributed by atoms with Gasteiger partial charge in [0.05, 0.1) is 5.52 Å². The number of aromatic amines is 1. The minimum Gasteiger partial charge on any atom is -0.349 e. The Morgan fingerprint density at radius 3 is 2.95 bits per heavy atom. The van der Waals surface area contributed by atoms with Gasteiger partial charge >= 0.3 is 5.69 Å². The lowest BCUT2D eigenvalue weighted by Crippen LogP contribution is -2.38. The molecule has 0 bridgehead atoms. The number of fused-ring (bicyclic) bond motifs is 1. The first-order valence-electron chi connectivity index (χ1n) is 6.56. The highest BCUT2D eigenvalue weighted by atomic mass is 32.1. The maximum absolute atomic E-state index is 12.2. The smallest absolute Gasteiger partial charge is 0.328 e. The minimum absolute atomic E-state index is 0.0978. The van der Waals surface area contributed by atoms with Gasteiger partial charge in [-0.15, -0.1) is 11.3 Å². The Labute approximate surface area is 128 Å². The first kappa shape index (κ1) is 14.2. The van der Waals surface area contributed by atoms with E-state index in [-0.39, 0.29) is 30.2 Å². The third-order valence-corrected chi connectivity index (χ3v) is 4.01. The molecule has 0 spiro atoms. The molecular weight excluding hydrogens is 304 g/mol. The lowest BCUT2D eigenvalue weighted by Gasteiger charge is -2.06. The van der Waals surface area contributed by atoms with Crippen molar-refractivity contribution in [3.63, 3.8) is 0 Å². The number of nitrogens with one attached hydrogen (secondary N) is 2. The number of aromatic nitrogens is 3.